The molecule has 0 fully saturated rings. The predicted molar refractivity (Wildman–Crippen MR) is 86.8 cm³/mol. The summed E-state index contributed by atoms with van der Waals surface area (Å²) in [5, 5.41) is 8.12. The third-order valence-electron chi connectivity index (χ3n) is 4.22. The van der Waals surface area contributed by atoms with E-state index in [0.717, 1.165) is 41.4 Å². The molecule has 0 saturated carbocycles. The van der Waals surface area contributed by atoms with Crippen LogP contribution in [-0.4, -0.2) is 24.0 Å². The Morgan fingerprint density at radius 2 is 2.05 bits per heavy atom. The van der Waals surface area contributed by atoms with Crippen molar-refractivity contribution in [2.24, 2.45) is 0 Å². The fourth-order valence-corrected chi connectivity index (χ4v) is 2.93. The molecule has 1 aromatic carbocycles. The van der Waals surface area contributed by atoms with Crippen molar-refractivity contribution in [2.75, 3.05) is 19.5 Å². The molecule has 1 aliphatic rings. The molecule has 5 heteroatoms. The normalized spacial score (nSPS) is 13.6. The molecule has 0 atom stereocenters. The number of benzene rings is 1. The maximum absolute atomic E-state index is 5.41. The summed E-state index contributed by atoms with van der Waals surface area (Å²) in [6.45, 7) is 3.79. The molecule has 2 aromatic rings. The summed E-state index contributed by atoms with van der Waals surface area (Å²) in [4.78, 5) is 0. The highest BCUT2D eigenvalue weighted by Gasteiger charge is 2.13. The molecule has 0 aliphatic carbocycles. The fourth-order valence-electron chi connectivity index (χ4n) is 2.93. The molecule has 3 rings (SSSR count). The Kier molecular flexibility index (Phi) is 4.22. The zero-order valence-corrected chi connectivity index (χ0v) is 13.5. The van der Waals surface area contributed by atoms with Crippen molar-refractivity contribution in [3.63, 3.8) is 0 Å². The van der Waals surface area contributed by atoms with Gasteiger partial charge in [0.05, 0.1) is 26.5 Å². The molecule has 1 aromatic heterocycles. The Hall–Kier alpha value is -2.17. The van der Waals surface area contributed by atoms with Gasteiger partial charge < -0.3 is 14.8 Å². The summed E-state index contributed by atoms with van der Waals surface area (Å²) >= 11 is 0. The number of nitrogens with one attached hydrogen (secondary N) is 1. The number of aryl methyl sites for hydroxylation is 2. The van der Waals surface area contributed by atoms with E-state index in [1.54, 1.807) is 14.2 Å². The smallest absolute Gasteiger partial charge is 0.127 e. The molecule has 118 valence electrons. The molecule has 1 aliphatic heterocycles. The van der Waals surface area contributed by atoms with Gasteiger partial charge in [0.15, 0.2) is 0 Å². The number of rotatable bonds is 5. The van der Waals surface area contributed by atoms with Crippen LogP contribution in [0.1, 0.15) is 29.8 Å². The first-order valence-corrected chi connectivity index (χ1v) is 7.73. The third-order valence-corrected chi connectivity index (χ3v) is 4.22. The molecule has 5 nitrogen and oxygen atoms in total. The van der Waals surface area contributed by atoms with Crippen molar-refractivity contribution in [3.05, 3.63) is 35.2 Å². The first kappa shape index (κ1) is 14.8. The van der Waals surface area contributed by atoms with Crippen LogP contribution >= 0.6 is 0 Å². The number of fused-ring (bicyclic) bond motifs is 1. The molecule has 22 heavy (non-hydrogen) atoms. The van der Waals surface area contributed by atoms with E-state index >= 15 is 0 Å². The van der Waals surface area contributed by atoms with Gasteiger partial charge in [0.2, 0.25) is 0 Å². The van der Waals surface area contributed by atoms with Crippen LogP contribution in [0.25, 0.3) is 0 Å². The highest BCUT2D eigenvalue weighted by molar-refractivity contribution is 5.61. The molecule has 0 radical (unpaired) electrons. The standard InChI is InChI=1S/C17H23N3O2/c1-12-16(9-15(21-2)10-17(12)22-3)18-11-13-8-14-6-4-5-7-20(14)19-13/h8-10,18H,4-7,11H2,1-3H3. The number of hydrogen-bond donors (Lipinski definition) is 1. The highest BCUT2D eigenvalue weighted by Crippen LogP contribution is 2.31. The van der Waals surface area contributed by atoms with Gasteiger partial charge in [-0.2, -0.15) is 5.10 Å². The topological polar surface area (TPSA) is 48.3 Å². The number of aromatic nitrogens is 2. The summed E-state index contributed by atoms with van der Waals surface area (Å²) in [7, 11) is 3.34. The average molecular weight is 301 g/mol. The predicted octanol–water partition coefficient (Wildman–Crippen LogP) is 3.16. The number of anilines is 1. The second-order valence-electron chi connectivity index (χ2n) is 5.66. The number of nitrogens with zero attached hydrogens (tertiary/aromatic N) is 2. The van der Waals surface area contributed by atoms with E-state index < -0.39 is 0 Å². The van der Waals surface area contributed by atoms with E-state index in [0.29, 0.717) is 6.54 Å². The molecule has 1 N–H and O–H groups in total. The lowest BCUT2D eigenvalue weighted by atomic mass is 10.1. The first-order valence-electron chi connectivity index (χ1n) is 7.73. The maximum Gasteiger partial charge on any atom is 0.127 e. The van der Waals surface area contributed by atoms with E-state index in [1.807, 2.05) is 19.1 Å². The van der Waals surface area contributed by atoms with Gasteiger partial charge in [-0.1, -0.05) is 0 Å². The van der Waals surface area contributed by atoms with Gasteiger partial charge >= 0.3 is 0 Å². The molecular formula is C17H23N3O2. The van der Waals surface area contributed by atoms with Crippen LogP contribution < -0.4 is 14.8 Å². The number of hydrogen-bond acceptors (Lipinski definition) is 4. The van der Waals surface area contributed by atoms with Crippen molar-refractivity contribution in [3.8, 4) is 11.5 Å². The van der Waals surface area contributed by atoms with E-state index in [9.17, 15) is 0 Å². The van der Waals surface area contributed by atoms with Gasteiger partial charge in [0, 0.05) is 35.6 Å². The minimum absolute atomic E-state index is 0.706. The summed E-state index contributed by atoms with van der Waals surface area (Å²) in [5.41, 5.74) is 4.52. The molecule has 0 unspecified atom stereocenters. The summed E-state index contributed by atoms with van der Waals surface area (Å²) < 4.78 is 12.9. The van der Waals surface area contributed by atoms with Crippen LogP contribution in [0.15, 0.2) is 18.2 Å². The van der Waals surface area contributed by atoms with Crippen molar-refractivity contribution < 1.29 is 9.47 Å². The zero-order chi connectivity index (χ0) is 15.5. The largest absolute Gasteiger partial charge is 0.497 e. The minimum atomic E-state index is 0.706. The minimum Gasteiger partial charge on any atom is -0.497 e. The highest BCUT2D eigenvalue weighted by atomic mass is 16.5. The number of ether oxygens (including phenoxy) is 2. The van der Waals surface area contributed by atoms with Gasteiger partial charge in [-0.3, -0.25) is 4.68 Å². The van der Waals surface area contributed by atoms with Gasteiger partial charge in [-0.05, 0) is 32.3 Å². The second kappa shape index (κ2) is 6.30. The molecule has 0 amide bonds. The van der Waals surface area contributed by atoms with E-state index in [1.165, 1.54) is 18.5 Å². The van der Waals surface area contributed by atoms with Crippen molar-refractivity contribution in [1.82, 2.24) is 9.78 Å². The van der Waals surface area contributed by atoms with E-state index in [2.05, 4.69) is 21.2 Å². The van der Waals surface area contributed by atoms with Crippen molar-refractivity contribution in [1.29, 1.82) is 0 Å². The zero-order valence-electron chi connectivity index (χ0n) is 13.5. The lowest BCUT2D eigenvalue weighted by molar-refractivity contribution is 0.392. The molecule has 2 heterocycles. The van der Waals surface area contributed by atoms with Crippen LogP contribution in [-0.2, 0) is 19.5 Å². The average Bonchev–Trinajstić information content (AvgIpc) is 2.96. The van der Waals surface area contributed by atoms with Gasteiger partial charge in [0.1, 0.15) is 11.5 Å². The van der Waals surface area contributed by atoms with Crippen molar-refractivity contribution >= 4 is 5.69 Å². The van der Waals surface area contributed by atoms with Gasteiger partial charge in [0.25, 0.3) is 0 Å². The van der Waals surface area contributed by atoms with Gasteiger partial charge in [-0.15, -0.1) is 0 Å². The molecule has 0 bridgehead atoms. The van der Waals surface area contributed by atoms with Crippen LogP contribution in [0.3, 0.4) is 0 Å². The first-order chi connectivity index (χ1) is 10.7. The molecular weight excluding hydrogens is 278 g/mol. The summed E-state index contributed by atoms with van der Waals surface area (Å²) in [5.74, 6) is 1.61. The quantitative estimate of drug-likeness (QED) is 0.921. The van der Waals surface area contributed by atoms with E-state index in [-0.39, 0.29) is 0 Å². The maximum atomic E-state index is 5.41. The van der Waals surface area contributed by atoms with Crippen LogP contribution in [0, 0.1) is 6.92 Å². The fraction of sp³-hybridized carbons (Fsp3) is 0.471. The SMILES string of the molecule is COc1cc(NCc2cc3n(n2)CCCC3)c(C)c(OC)c1. The van der Waals surface area contributed by atoms with E-state index in [4.69, 9.17) is 9.47 Å². The summed E-state index contributed by atoms with van der Waals surface area (Å²) in [6, 6.07) is 6.10. The monoisotopic (exact) mass is 301 g/mol. The Balaban J connectivity index is 1.77. The lowest BCUT2D eigenvalue weighted by Gasteiger charge is -2.14. The second-order valence-corrected chi connectivity index (χ2v) is 5.66. The lowest BCUT2D eigenvalue weighted by Crippen LogP contribution is -2.11. The molecule has 0 saturated heterocycles. The van der Waals surface area contributed by atoms with Crippen LogP contribution in [0.2, 0.25) is 0 Å². The summed E-state index contributed by atoms with van der Waals surface area (Å²) in [6.07, 6.45) is 3.64. The Labute approximate surface area is 131 Å². The Morgan fingerprint density at radius 1 is 1.18 bits per heavy atom. The van der Waals surface area contributed by atoms with Crippen LogP contribution in [0.4, 0.5) is 5.69 Å². The Morgan fingerprint density at radius 3 is 2.77 bits per heavy atom. The Bertz CT molecular complexity index is 641. The van der Waals surface area contributed by atoms with Gasteiger partial charge in [-0.25, -0.2) is 0 Å². The molecule has 0 spiro atoms. The number of methoxy groups -OCH3 is 2. The third kappa shape index (κ3) is 2.89. The van der Waals surface area contributed by atoms with Crippen molar-refractivity contribution in [2.45, 2.75) is 39.3 Å². The van der Waals surface area contributed by atoms with Crippen LogP contribution in [0.5, 0.6) is 11.5 Å².